The number of sulfone groups is 1. The molecule has 1 aliphatic rings. The monoisotopic (exact) mass is 364 g/mol. The molecule has 1 saturated heterocycles. The molecule has 0 radical (unpaired) electrons. The Morgan fingerprint density at radius 3 is 2.68 bits per heavy atom. The van der Waals surface area contributed by atoms with Gasteiger partial charge in [-0.25, -0.2) is 8.42 Å². The molecule has 5 nitrogen and oxygen atoms in total. The van der Waals surface area contributed by atoms with Gasteiger partial charge in [0.1, 0.15) is 0 Å². The van der Waals surface area contributed by atoms with E-state index in [4.69, 9.17) is 0 Å². The van der Waals surface area contributed by atoms with Crippen LogP contribution in [-0.2, 0) is 14.6 Å². The number of amides is 1. The Morgan fingerprint density at radius 1 is 1.36 bits per heavy atom. The van der Waals surface area contributed by atoms with E-state index in [1.165, 1.54) is 11.6 Å². The van der Waals surface area contributed by atoms with Gasteiger partial charge >= 0.3 is 0 Å². The fourth-order valence-corrected chi connectivity index (χ4v) is 3.72. The van der Waals surface area contributed by atoms with E-state index >= 15 is 0 Å². The van der Waals surface area contributed by atoms with Crippen LogP contribution in [0.1, 0.15) is 38.3 Å². The fourth-order valence-electron chi connectivity index (χ4n) is 3.19. The van der Waals surface area contributed by atoms with Gasteiger partial charge in [0.05, 0.1) is 6.54 Å². The van der Waals surface area contributed by atoms with Crippen LogP contribution in [0.5, 0.6) is 0 Å². The molecule has 0 aromatic heterocycles. The zero-order valence-electron chi connectivity index (χ0n) is 15.2. The molecular weight excluding hydrogens is 336 g/mol. The van der Waals surface area contributed by atoms with E-state index in [-0.39, 0.29) is 18.0 Å². The molecule has 1 N–H and O–H groups in total. The topological polar surface area (TPSA) is 66.5 Å². The van der Waals surface area contributed by atoms with Crippen molar-refractivity contribution in [3.8, 4) is 0 Å². The summed E-state index contributed by atoms with van der Waals surface area (Å²) in [6.07, 6.45) is 4.76. The highest BCUT2D eigenvalue weighted by Crippen LogP contribution is 2.33. The van der Waals surface area contributed by atoms with Crippen LogP contribution in [0.3, 0.4) is 0 Å². The average Bonchev–Trinajstić information content (AvgIpc) is 2.55. The summed E-state index contributed by atoms with van der Waals surface area (Å²) >= 11 is 0. The van der Waals surface area contributed by atoms with Crippen LogP contribution in [0.15, 0.2) is 41.8 Å². The van der Waals surface area contributed by atoms with E-state index in [0.29, 0.717) is 12.5 Å². The number of nitrogens with one attached hydrogen (secondary N) is 1. The third kappa shape index (κ3) is 6.63. The molecule has 1 fully saturated rings. The first-order chi connectivity index (χ1) is 11.7. The van der Waals surface area contributed by atoms with Gasteiger partial charge in [-0.15, -0.1) is 0 Å². The van der Waals surface area contributed by atoms with Gasteiger partial charge in [-0.3, -0.25) is 9.69 Å². The largest absolute Gasteiger partial charge is 0.349 e. The smallest absolute Gasteiger partial charge is 0.234 e. The number of benzene rings is 1. The number of nitrogens with zero attached hydrogens (tertiary/aromatic N) is 1. The van der Waals surface area contributed by atoms with Gasteiger partial charge in [0.15, 0.2) is 9.84 Å². The highest BCUT2D eigenvalue weighted by atomic mass is 32.2. The lowest BCUT2D eigenvalue weighted by Crippen LogP contribution is -2.44. The third-order valence-electron chi connectivity index (χ3n) is 4.51. The SMILES string of the molecule is CC(/C=C\S(C)(=O)=O)NC(=O)CN1CC[C@H](C)C[C@@H]1c1ccccc1. The van der Waals surface area contributed by atoms with Crippen molar-refractivity contribution in [2.45, 2.75) is 38.8 Å². The third-order valence-corrected chi connectivity index (χ3v) is 5.16. The lowest BCUT2D eigenvalue weighted by atomic mass is 9.88. The minimum Gasteiger partial charge on any atom is -0.349 e. The fraction of sp³-hybridized carbons (Fsp3) is 0.526. The van der Waals surface area contributed by atoms with Gasteiger partial charge in [0.25, 0.3) is 0 Å². The van der Waals surface area contributed by atoms with Crippen molar-refractivity contribution in [3.63, 3.8) is 0 Å². The maximum Gasteiger partial charge on any atom is 0.234 e. The molecule has 1 aliphatic heterocycles. The summed E-state index contributed by atoms with van der Waals surface area (Å²) in [5, 5.41) is 3.98. The van der Waals surface area contributed by atoms with Crippen LogP contribution < -0.4 is 5.32 Å². The summed E-state index contributed by atoms with van der Waals surface area (Å²) in [5.74, 6) is 0.558. The van der Waals surface area contributed by atoms with Gasteiger partial charge in [0.2, 0.25) is 5.91 Å². The molecule has 1 unspecified atom stereocenters. The Hall–Kier alpha value is -1.66. The number of hydrogen-bond acceptors (Lipinski definition) is 4. The summed E-state index contributed by atoms with van der Waals surface area (Å²) in [7, 11) is -3.18. The molecule has 6 heteroatoms. The van der Waals surface area contributed by atoms with E-state index < -0.39 is 9.84 Å². The number of carbonyl (C=O) groups excluding carboxylic acids is 1. The van der Waals surface area contributed by atoms with Gasteiger partial charge < -0.3 is 5.32 Å². The van der Waals surface area contributed by atoms with Crippen molar-refractivity contribution < 1.29 is 13.2 Å². The second-order valence-electron chi connectivity index (χ2n) is 7.04. The molecule has 1 heterocycles. The first-order valence-corrected chi connectivity index (χ1v) is 10.7. The summed E-state index contributed by atoms with van der Waals surface area (Å²) < 4.78 is 22.3. The summed E-state index contributed by atoms with van der Waals surface area (Å²) in [6.45, 7) is 5.24. The lowest BCUT2D eigenvalue weighted by Gasteiger charge is -2.38. The minimum atomic E-state index is -3.18. The number of hydrogen-bond donors (Lipinski definition) is 1. The van der Waals surface area contributed by atoms with Gasteiger partial charge in [-0.1, -0.05) is 43.3 Å². The van der Waals surface area contributed by atoms with Crippen LogP contribution >= 0.6 is 0 Å². The highest BCUT2D eigenvalue weighted by molar-refractivity contribution is 7.93. The van der Waals surface area contributed by atoms with Crippen LogP contribution in [-0.4, -0.2) is 44.6 Å². The first-order valence-electron chi connectivity index (χ1n) is 8.71. The van der Waals surface area contributed by atoms with Crippen molar-refractivity contribution in [2.24, 2.45) is 5.92 Å². The lowest BCUT2D eigenvalue weighted by molar-refractivity contribution is -0.123. The minimum absolute atomic E-state index is 0.0823. The maximum atomic E-state index is 12.4. The van der Waals surface area contributed by atoms with Gasteiger partial charge in [0, 0.05) is 23.7 Å². The Balaban J connectivity index is 1.99. The molecule has 2 rings (SSSR count). The normalized spacial score (nSPS) is 23.5. The molecule has 1 aromatic carbocycles. The summed E-state index contributed by atoms with van der Waals surface area (Å²) in [4.78, 5) is 14.6. The van der Waals surface area contributed by atoms with Crippen LogP contribution in [0, 0.1) is 5.92 Å². The number of rotatable bonds is 6. The van der Waals surface area contributed by atoms with Crippen LogP contribution in [0.25, 0.3) is 0 Å². The van der Waals surface area contributed by atoms with Crippen molar-refractivity contribution in [1.29, 1.82) is 0 Å². The summed E-state index contributed by atoms with van der Waals surface area (Å²) in [5.41, 5.74) is 1.24. The molecular formula is C19H28N2O3S. The zero-order chi connectivity index (χ0) is 18.4. The Bertz CT molecular complexity index is 701. The van der Waals surface area contributed by atoms with Crippen molar-refractivity contribution >= 4 is 15.7 Å². The van der Waals surface area contributed by atoms with Crippen molar-refractivity contribution in [3.05, 3.63) is 47.4 Å². The second-order valence-corrected chi connectivity index (χ2v) is 8.97. The Kier molecular flexibility index (Phi) is 6.79. The molecule has 0 saturated carbocycles. The molecule has 138 valence electrons. The second kappa shape index (κ2) is 8.63. The van der Waals surface area contributed by atoms with E-state index in [1.807, 2.05) is 18.2 Å². The van der Waals surface area contributed by atoms with Crippen LogP contribution in [0.4, 0.5) is 0 Å². The maximum absolute atomic E-state index is 12.4. The highest BCUT2D eigenvalue weighted by Gasteiger charge is 2.28. The predicted molar refractivity (Wildman–Crippen MR) is 101 cm³/mol. The standard InChI is InChI=1S/C19H28N2O3S/c1-15-9-11-21(18(13-15)17-7-5-4-6-8-17)14-19(22)20-16(2)10-12-25(3,23)24/h4-8,10,12,15-16,18H,9,11,13-14H2,1-3H3,(H,20,22)/b12-10-/t15-,16?,18+/m0/s1. The average molecular weight is 365 g/mol. The molecule has 0 aliphatic carbocycles. The summed E-state index contributed by atoms with van der Waals surface area (Å²) in [6, 6.07) is 10.2. The Labute approximate surface area is 151 Å². The van der Waals surface area contributed by atoms with Gasteiger partial charge in [-0.05, 0) is 37.8 Å². The number of piperidine rings is 1. The van der Waals surface area contributed by atoms with E-state index in [1.54, 1.807) is 6.92 Å². The zero-order valence-corrected chi connectivity index (χ0v) is 16.0. The molecule has 0 spiro atoms. The molecule has 0 bridgehead atoms. The van der Waals surface area contributed by atoms with E-state index in [2.05, 4.69) is 29.3 Å². The quantitative estimate of drug-likeness (QED) is 0.842. The number of likely N-dealkylation sites (tertiary alicyclic amines) is 1. The van der Waals surface area contributed by atoms with Gasteiger partial charge in [-0.2, -0.15) is 0 Å². The molecule has 1 aromatic rings. The molecule has 1 amide bonds. The Morgan fingerprint density at radius 2 is 2.04 bits per heavy atom. The predicted octanol–water partition coefficient (Wildman–Crippen LogP) is 2.52. The van der Waals surface area contributed by atoms with Crippen molar-refractivity contribution in [1.82, 2.24) is 10.2 Å². The molecule has 25 heavy (non-hydrogen) atoms. The van der Waals surface area contributed by atoms with Crippen molar-refractivity contribution in [2.75, 3.05) is 19.3 Å². The van der Waals surface area contributed by atoms with Crippen LogP contribution in [0.2, 0.25) is 0 Å². The van der Waals surface area contributed by atoms with E-state index in [0.717, 1.165) is 31.1 Å². The molecule has 3 atom stereocenters. The first kappa shape index (κ1) is 19.7. The number of carbonyl (C=O) groups is 1. The van der Waals surface area contributed by atoms with E-state index in [9.17, 15) is 13.2 Å².